The van der Waals surface area contributed by atoms with Gasteiger partial charge in [0.1, 0.15) is 5.75 Å². The highest BCUT2D eigenvalue weighted by Gasteiger charge is 2.18. The average Bonchev–Trinajstić information content (AvgIpc) is 2.80. The molecule has 0 aliphatic rings. The van der Waals surface area contributed by atoms with Crippen molar-refractivity contribution in [3.63, 3.8) is 0 Å². The van der Waals surface area contributed by atoms with Crippen LogP contribution in [0.25, 0.3) is 0 Å². The van der Waals surface area contributed by atoms with Crippen molar-refractivity contribution < 1.29 is 14.3 Å². The first kappa shape index (κ1) is 15.6. The lowest BCUT2D eigenvalue weighted by Crippen LogP contribution is -2.11. The lowest BCUT2D eigenvalue weighted by atomic mass is 10.2. The van der Waals surface area contributed by atoms with Gasteiger partial charge in [0.25, 0.3) is 0 Å². The molecule has 5 nitrogen and oxygen atoms in total. The average molecular weight is 298 g/mol. The van der Waals surface area contributed by atoms with E-state index in [2.05, 4.69) is 16.8 Å². The second-order valence-electron chi connectivity index (χ2n) is 4.63. The number of hydrogen-bond acceptors (Lipinski definition) is 4. The molecule has 22 heavy (non-hydrogen) atoms. The van der Waals surface area contributed by atoms with E-state index in [1.807, 2.05) is 24.3 Å². The Morgan fingerprint density at radius 3 is 2.82 bits per heavy atom. The number of ether oxygens (including phenoxy) is 2. The third-order valence-corrected chi connectivity index (χ3v) is 3.13. The molecule has 1 aromatic heterocycles. The van der Waals surface area contributed by atoms with Crippen molar-refractivity contribution in [2.75, 3.05) is 13.7 Å². The quantitative estimate of drug-likeness (QED) is 0.644. The van der Waals surface area contributed by atoms with Crippen molar-refractivity contribution in [2.24, 2.45) is 7.05 Å². The SMILES string of the molecule is CCOC(=O)c1c(C)nc(C#Cc2cccc(OC)c2)n1C. The zero-order valence-corrected chi connectivity index (χ0v) is 13.1. The Hall–Kier alpha value is -2.74. The predicted octanol–water partition coefficient (Wildman–Crippen LogP) is 2.31. The summed E-state index contributed by atoms with van der Waals surface area (Å²) >= 11 is 0. The molecule has 0 aliphatic heterocycles. The van der Waals surface area contributed by atoms with Crippen LogP contribution in [-0.2, 0) is 11.8 Å². The zero-order chi connectivity index (χ0) is 16.1. The highest BCUT2D eigenvalue weighted by molar-refractivity contribution is 5.89. The number of aryl methyl sites for hydroxylation is 1. The van der Waals surface area contributed by atoms with Gasteiger partial charge in [0.05, 0.1) is 19.4 Å². The minimum Gasteiger partial charge on any atom is -0.497 e. The lowest BCUT2D eigenvalue weighted by Gasteiger charge is -2.03. The summed E-state index contributed by atoms with van der Waals surface area (Å²) in [5, 5.41) is 0. The molecule has 2 rings (SSSR count). The maximum absolute atomic E-state index is 11.9. The first-order valence-corrected chi connectivity index (χ1v) is 6.93. The van der Waals surface area contributed by atoms with Gasteiger partial charge in [0, 0.05) is 12.6 Å². The van der Waals surface area contributed by atoms with E-state index in [0.29, 0.717) is 23.8 Å². The second-order valence-corrected chi connectivity index (χ2v) is 4.63. The summed E-state index contributed by atoms with van der Waals surface area (Å²) < 4.78 is 11.8. The van der Waals surface area contributed by atoms with Gasteiger partial charge in [-0.1, -0.05) is 12.0 Å². The van der Waals surface area contributed by atoms with Crippen LogP contribution in [-0.4, -0.2) is 29.2 Å². The van der Waals surface area contributed by atoms with Crippen LogP contribution in [0.2, 0.25) is 0 Å². The minimum atomic E-state index is -0.385. The number of hydrogen-bond donors (Lipinski definition) is 0. The van der Waals surface area contributed by atoms with Crippen molar-refractivity contribution >= 4 is 5.97 Å². The minimum absolute atomic E-state index is 0.328. The van der Waals surface area contributed by atoms with Gasteiger partial charge in [-0.3, -0.25) is 0 Å². The van der Waals surface area contributed by atoms with Crippen molar-refractivity contribution in [1.82, 2.24) is 9.55 Å². The number of nitrogens with zero attached hydrogens (tertiary/aromatic N) is 2. The Balaban J connectivity index is 2.33. The van der Waals surface area contributed by atoms with Crippen LogP contribution in [0.1, 0.15) is 34.5 Å². The Bertz CT molecular complexity index is 751. The molecule has 0 amide bonds. The standard InChI is InChI=1S/C17H18N2O3/c1-5-22-17(20)16-12(2)18-15(19(16)3)10-9-13-7-6-8-14(11-13)21-4/h6-8,11H,5H2,1-4H3. The number of aromatic nitrogens is 2. The van der Waals surface area contributed by atoms with Gasteiger partial charge in [-0.2, -0.15) is 0 Å². The fourth-order valence-electron chi connectivity index (χ4n) is 2.06. The first-order chi connectivity index (χ1) is 10.6. The van der Waals surface area contributed by atoms with Gasteiger partial charge in [-0.15, -0.1) is 0 Å². The summed E-state index contributed by atoms with van der Waals surface area (Å²) in [5.41, 5.74) is 1.85. The maximum Gasteiger partial charge on any atom is 0.356 e. The van der Waals surface area contributed by atoms with E-state index in [1.165, 1.54) is 0 Å². The first-order valence-electron chi connectivity index (χ1n) is 6.93. The Morgan fingerprint density at radius 1 is 1.36 bits per heavy atom. The summed E-state index contributed by atoms with van der Waals surface area (Å²) in [7, 11) is 3.36. The lowest BCUT2D eigenvalue weighted by molar-refractivity contribution is 0.0514. The van der Waals surface area contributed by atoms with E-state index in [1.54, 1.807) is 32.6 Å². The highest BCUT2D eigenvalue weighted by atomic mass is 16.5. The molecule has 0 aliphatic carbocycles. The molecule has 0 N–H and O–H groups in total. The summed E-state index contributed by atoms with van der Waals surface area (Å²) in [6.45, 7) is 3.87. The smallest absolute Gasteiger partial charge is 0.356 e. The van der Waals surface area contributed by atoms with Gasteiger partial charge < -0.3 is 14.0 Å². The van der Waals surface area contributed by atoms with Crippen molar-refractivity contribution in [2.45, 2.75) is 13.8 Å². The van der Waals surface area contributed by atoms with E-state index in [0.717, 1.165) is 11.3 Å². The molecule has 5 heteroatoms. The predicted molar refractivity (Wildman–Crippen MR) is 82.9 cm³/mol. The van der Waals surface area contributed by atoms with Crippen LogP contribution in [0.4, 0.5) is 0 Å². The summed E-state index contributed by atoms with van der Waals surface area (Å²) in [5.74, 6) is 6.88. The third kappa shape index (κ3) is 3.29. The van der Waals surface area contributed by atoms with Crippen molar-refractivity contribution in [3.05, 3.63) is 47.0 Å². The van der Waals surface area contributed by atoms with Gasteiger partial charge in [-0.05, 0) is 38.0 Å². The number of carbonyl (C=O) groups excluding carboxylic acids is 1. The number of benzene rings is 1. The number of methoxy groups -OCH3 is 1. The van der Waals surface area contributed by atoms with Crippen LogP contribution < -0.4 is 4.74 Å². The van der Waals surface area contributed by atoms with E-state index in [9.17, 15) is 4.79 Å². The molecular formula is C17H18N2O3. The van der Waals surface area contributed by atoms with Crippen LogP contribution in [0, 0.1) is 18.8 Å². The van der Waals surface area contributed by atoms with Crippen LogP contribution in [0.5, 0.6) is 5.75 Å². The molecule has 2 aromatic rings. The highest BCUT2D eigenvalue weighted by Crippen LogP contribution is 2.13. The molecule has 1 aromatic carbocycles. The van der Waals surface area contributed by atoms with Gasteiger partial charge in [-0.25, -0.2) is 9.78 Å². The summed E-state index contributed by atoms with van der Waals surface area (Å²) in [6, 6.07) is 7.46. The van der Waals surface area contributed by atoms with E-state index in [-0.39, 0.29) is 5.97 Å². The molecule has 0 saturated heterocycles. The number of imidazole rings is 1. The van der Waals surface area contributed by atoms with E-state index >= 15 is 0 Å². The topological polar surface area (TPSA) is 53.4 Å². The summed E-state index contributed by atoms with van der Waals surface area (Å²) in [4.78, 5) is 16.2. The Kier molecular flexibility index (Phi) is 4.84. The monoisotopic (exact) mass is 298 g/mol. The molecule has 114 valence electrons. The molecule has 0 fully saturated rings. The molecule has 0 bridgehead atoms. The zero-order valence-electron chi connectivity index (χ0n) is 13.1. The molecule has 0 atom stereocenters. The fourth-order valence-corrected chi connectivity index (χ4v) is 2.06. The fraction of sp³-hybridized carbons (Fsp3) is 0.294. The van der Waals surface area contributed by atoms with Gasteiger partial charge in [0.15, 0.2) is 11.5 Å². The second kappa shape index (κ2) is 6.81. The van der Waals surface area contributed by atoms with E-state index < -0.39 is 0 Å². The Labute approximate surface area is 129 Å². The van der Waals surface area contributed by atoms with Crippen LogP contribution >= 0.6 is 0 Å². The van der Waals surface area contributed by atoms with Crippen molar-refractivity contribution in [3.8, 4) is 17.6 Å². The summed E-state index contributed by atoms with van der Waals surface area (Å²) in [6.07, 6.45) is 0. The number of esters is 1. The molecule has 1 heterocycles. The third-order valence-electron chi connectivity index (χ3n) is 3.13. The molecule has 0 saturated carbocycles. The number of rotatable bonds is 3. The normalized spacial score (nSPS) is 9.82. The van der Waals surface area contributed by atoms with Gasteiger partial charge in [0.2, 0.25) is 0 Å². The number of carbonyl (C=O) groups is 1. The largest absolute Gasteiger partial charge is 0.497 e. The Morgan fingerprint density at radius 2 is 2.14 bits per heavy atom. The maximum atomic E-state index is 11.9. The van der Waals surface area contributed by atoms with Crippen LogP contribution in [0.3, 0.4) is 0 Å². The molecule has 0 spiro atoms. The van der Waals surface area contributed by atoms with Crippen molar-refractivity contribution in [1.29, 1.82) is 0 Å². The van der Waals surface area contributed by atoms with Crippen LogP contribution in [0.15, 0.2) is 24.3 Å². The molecule has 0 radical (unpaired) electrons. The van der Waals surface area contributed by atoms with E-state index in [4.69, 9.17) is 9.47 Å². The molecule has 0 unspecified atom stereocenters. The van der Waals surface area contributed by atoms with Gasteiger partial charge >= 0.3 is 5.97 Å². The molecular weight excluding hydrogens is 280 g/mol.